The van der Waals surface area contributed by atoms with Crippen LogP contribution in [0.2, 0.25) is 0 Å². The molecule has 0 aliphatic heterocycles. The average molecular weight is 277 g/mol. The molecule has 1 atom stereocenters. The number of carbonyl (C=O) groups excluding carboxylic acids is 1. The summed E-state index contributed by atoms with van der Waals surface area (Å²) in [5.74, 6) is 0.522. The van der Waals surface area contributed by atoms with Gasteiger partial charge in [-0.3, -0.25) is 9.69 Å². The fourth-order valence-corrected chi connectivity index (χ4v) is 1.93. The van der Waals surface area contributed by atoms with Gasteiger partial charge in [0.05, 0.1) is 6.54 Å². The quantitative estimate of drug-likeness (QED) is 0.798. The Bertz CT molecular complexity index is 431. The van der Waals surface area contributed by atoms with Crippen LogP contribution >= 0.6 is 0 Å². The lowest BCUT2D eigenvalue weighted by Gasteiger charge is -2.21. The second-order valence-electron chi connectivity index (χ2n) is 5.80. The van der Waals surface area contributed by atoms with E-state index in [0.717, 1.165) is 12.1 Å². The Kier molecular flexibility index (Phi) is 6.68. The largest absolute Gasteiger partial charge is 0.352 e. The van der Waals surface area contributed by atoms with E-state index in [1.807, 2.05) is 31.0 Å². The van der Waals surface area contributed by atoms with Crippen LogP contribution in [0.15, 0.2) is 24.3 Å². The Hall–Kier alpha value is -1.39. The minimum atomic E-state index is 0.0729. The Morgan fingerprint density at radius 2 is 1.95 bits per heavy atom. The highest BCUT2D eigenvalue weighted by atomic mass is 16.2. The van der Waals surface area contributed by atoms with Crippen molar-refractivity contribution < 1.29 is 4.79 Å². The van der Waals surface area contributed by atoms with Gasteiger partial charge in [0, 0.05) is 19.1 Å². The van der Waals surface area contributed by atoms with Crippen molar-refractivity contribution in [2.24, 2.45) is 11.7 Å². The summed E-state index contributed by atoms with van der Waals surface area (Å²) >= 11 is 0. The maximum absolute atomic E-state index is 11.9. The summed E-state index contributed by atoms with van der Waals surface area (Å²) in [5, 5.41) is 3.02. The standard InChI is InChI=1S/C16H27N3O/c1-12(2)13(3)18-16(20)11-19(4)10-15-7-5-6-14(8-15)9-17/h5-8,12-13H,9-11,17H2,1-4H3,(H,18,20). The molecule has 0 saturated carbocycles. The first-order chi connectivity index (χ1) is 9.42. The minimum absolute atomic E-state index is 0.0729. The lowest BCUT2D eigenvalue weighted by atomic mass is 10.1. The number of carbonyl (C=O) groups is 1. The zero-order chi connectivity index (χ0) is 15.1. The number of nitrogens with one attached hydrogen (secondary N) is 1. The molecule has 1 rings (SSSR count). The first kappa shape index (κ1) is 16.7. The normalized spacial score (nSPS) is 12.8. The molecule has 0 fully saturated rings. The van der Waals surface area contributed by atoms with E-state index in [2.05, 4.69) is 31.3 Å². The van der Waals surface area contributed by atoms with Gasteiger partial charge in [0.1, 0.15) is 0 Å². The van der Waals surface area contributed by atoms with Crippen LogP contribution in [0.4, 0.5) is 0 Å². The summed E-state index contributed by atoms with van der Waals surface area (Å²) in [4.78, 5) is 13.9. The smallest absolute Gasteiger partial charge is 0.234 e. The zero-order valence-corrected chi connectivity index (χ0v) is 13.0. The van der Waals surface area contributed by atoms with Crippen molar-refractivity contribution in [3.05, 3.63) is 35.4 Å². The molecular weight excluding hydrogens is 250 g/mol. The third-order valence-electron chi connectivity index (χ3n) is 3.48. The molecule has 4 heteroatoms. The molecule has 0 bridgehead atoms. The van der Waals surface area contributed by atoms with Gasteiger partial charge in [0.25, 0.3) is 0 Å². The molecule has 1 aromatic carbocycles. The molecule has 0 aliphatic carbocycles. The highest BCUT2D eigenvalue weighted by Crippen LogP contribution is 2.07. The van der Waals surface area contributed by atoms with Gasteiger partial charge < -0.3 is 11.1 Å². The molecule has 1 aromatic rings. The number of benzene rings is 1. The lowest BCUT2D eigenvalue weighted by Crippen LogP contribution is -2.41. The van der Waals surface area contributed by atoms with E-state index in [1.165, 1.54) is 5.56 Å². The first-order valence-electron chi connectivity index (χ1n) is 7.18. The van der Waals surface area contributed by atoms with E-state index in [9.17, 15) is 4.79 Å². The predicted octanol–water partition coefficient (Wildman–Crippen LogP) is 1.74. The van der Waals surface area contributed by atoms with E-state index in [4.69, 9.17) is 5.73 Å². The number of hydrogen-bond acceptors (Lipinski definition) is 3. The lowest BCUT2D eigenvalue weighted by molar-refractivity contribution is -0.122. The van der Waals surface area contributed by atoms with Crippen molar-refractivity contribution in [2.45, 2.75) is 39.9 Å². The Balaban J connectivity index is 2.46. The van der Waals surface area contributed by atoms with Crippen LogP contribution in [0.5, 0.6) is 0 Å². The maximum Gasteiger partial charge on any atom is 0.234 e. The molecule has 1 amide bonds. The van der Waals surface area contributed by atoms with Crippen LogP contribution in [0.1, 0.15) is 31.9 Å². The van der Waals surface area contributed by atoms with Crippen molar-refractivity contribution in [2.75, 3.05) is 13.6 Å². The summed E-state index contributed by atoms with van der Waals surface area (Å²) in [6.07, 6.45) is 0. The SMILES string of the molecule is CC(C)C(C)NC(=O)CN(C)Cc1cccc(CN)c1. The van der Waals surface area contributed by atoms with Crippen molar-refractivity contribution in [1.29, 1.82) is 0 Å². The average Bonchev–Trinajstić information content (AvgIpc) is 2.38. The monoisotopic (exact) mass is 277 g/mol. The van der Waals surface area contributed by atoms with E-state index in [-0.39, 0.29) is 11.9 Å². The minimum Gasteiger partial charge on any atom is -0.352 e. The second kappa shape index (κ2) is 8.02. The molecule has 112 valence electrons. The third kappa shape index (κ3) is 5.72. The summed E-state index contributed by atoms with van der Waals surface area (Å²) in [7, 11) is 1.95. The molecule has 0 radical (unpaired) electrons. The number of hydrogen-bond donors (Lipinski definition) is 2. The predicted molar refractivity (Wildman–Crippen MR) is 83.1 cm³/mol. The van der Waals surface area contributed by atoms with E-state index < -0.39 is 0 Å². The van der Waals surface area contributed by atoms with Gasteiger partial charge in [-0.2, -0.15) is 0 Å². The van der Waals surface area contributed by atoms with Crippen molar-refractivity contribution in [3.8, 4) is 0 Å². The fraction of sp³-hybridized carbons (Fsp3) is 0.562. The van der Waals surface area contributed by atoms with Crippen molar-refractivity contribution >= 4 is 5.91 Å². The number of amides is 1. The van der Waals surface area contributed by atoms with E-state index in [0.29, 0.717) is 19.0 Å². The van der Waals surface area contributed by atoms with Gasteiger partial charge in [0.2, 0.25) is 5.91 Å². The zero-order valence-electron chi connectivity index (χ0n) is 13.0. The van der Waals surface area contributed by atoms with E-state index in [1.54, 1.807) is 0 Å². The Labute approximate surface area is 122 Å². The molecule has 0 heterocycles. The van der Waals surface area contributed by atoms with Gasteiger partial charge in [-0.1, -0.05) is 38.1 Å². The Morgan fingerprint density at radius 3 is 2.55 bits per heavy atom. The molecule has 4 nitrogen and oxygen atoms in total. The van der Waals surface area contributed by atoms with Crippen LogP contribution in [-0.2, 0) is 17.9 Å². The van der Waals surface area contributed by atoms with Gasteiger partial charge in [-0.25, -0.2) is 0 Å². The molecule has 0 saturated heterocycles. The number of nitrogens with zero attached hydrogens (tertiary/aromatic N) is 1. The number of rotatable bonds is 7. The first-order valence-corrected chi connectivity index (χ1v) is 7.18. The molecular formula is C16H27N3O. The summed E-state index contributed by atoms with van der Waals surface area (Å²) in [6, 6.07) is 8.37. The molecule has 0 aliphatic rings. The van der Waals surface area contributed by atoms with Crippen LogP contribution in [0.25, 0.3) is 0 Å². The highest BCUT2D eigenvalue weighted by molar-refractivity contribution is 5.78. The van der Waals surface area contributed by atoms with Crippen LogP contribution in [-0.4, -0.2) is 30.4 Å². The third-order valence-corrected chi connectivity index (χ3v) is 3.48. The maximum atomic E-state index is 11.9. The molecule has 1 unspecified atom stereocenters. The van der Waals surface area contributed by atoms with Gasteiger partial charge in [-0.15, -0.1) is 0 Å². The van der Waals surface area contributed by atoms with Crippen LogP contribution in [0, 0.1) is 5.92 Å². The topological polar surface area (TPSA) is 58.4 Å². The fourth-order valence-electron chi connectivity index (χ4n) is 1.93. The molecule has 20 heavy (non-hydrogen) atoms. The van der Waals surface area contributed by atoms with Crippen LogP contribution in [0.3, 0.4) is 0 Å². The molecule has 0 aromatic heterocycles. The van der Waals surface area contributed by atoms with Crippen molar-refractivity contribution in [1.82, 2.24) is 10.2 Å². The van der Waals surface area contributed by atoms with Crippen molar-refractivity contribution in [3.63, 3.8) is 0 Å². The van der Waals surface area contributed by atoms with Gasteiger partial charge in [-0.05, 0) is 31.0 Å². The molecule has 0 spiro atoms. The van der Waals surface area contributed by atoms with Gasteiger partial charge in [0.15, 0.2) is 0 Å². The van der Waals surface area contributed by atoms with Gasteiger partial charge >= 0.3 is 0 Å². The highest BCUT2D eigenvalue weighted by Gasteiger charge is 2.12. The number of likely N-dealkylation sites (N-methyl/N-ethyl adjacent to an activating group) is 1. The summed E-state index contributed by atoms with van der Waals surface area (Å²) in [6.45, 7) is 7.94. The van der Waals surface area contributed by atoms with E-state index >= 15 is 0 Å². The number of nitrogens with two attached hydrogens (primary N) is 1. The summed E-state index contributed by atoms with van der Waals surface area (Å²) < 4.78 is 0. The molecule has 3 N–H and O–H groups in total. The summed E-state index contributed by atoms with van der Waals surface area (Å²) in [5.41, 5.74) is 7.94. The second-order valence-corrected chi connectivity index (χ2v) is 5.80. The Morgan fingerprint density at radius 1 is 1.30 bits per heavy atom. The van der Waals surface area contributed by atoms with Crippen LogP contribution < -0.4 is 11.1 Å².